The molecule has 3 rings (SSSR count). The lowest BCUT2D eigenvalue weighted by Gasteiger charge is -1.95. The highest BCUT2D eigenvalue weighted by Gasteiger charge is 2.04. The molecule has 0 unspecified atom stereocenters. The third-order valence-corrected chi connectivity index (χ3v) is 3.01. The van der Waals surface area contributed by atoms with Gasteiger partial charge in [0.05, 0.1) is 11.0 Å². The van der Waals surface area contributed by atoms with Gasteiger partial charge in [-0.3, -0.25) is 0 Å². The van der Waals surface area contributed by atoms with Gasteiger partial charge in [-0.1, -0.05) is 17.7 Å². The van der Waals surface area contributed by atoms with Gasteiger partial charge in [0.25, 0.3) is 0 Å². The molecule has 0 bridgehead atoms. The smallest absolute Gasteiger partial charge is 0.138 e. The van der Waals surface area contributed by atoms with E-state index in [9.17, 15) is 0 Å². The summed E-state index contributed by atoms with van der Waals surface area (Å²) in [5.74, 6) is 0.877. The Kier molecular flexibility index (Phi) is 2.37. The number of fused-ring (bicyclic) bond motifs is 1. The molecule has 1 heterocycles. The number of nitrogens with zero attached hydrogens (tertiary/aromatic N) is 1. The molecule has 1 aromatic heterocycles. The highest BCUT2D eigenvalue weighted by atomic mass is 35.5. The SMILES string of the molecule is Cc1ccc2[nH]c(-c3ccc(Cl)cc3)nc2c1. The average Bonchev–Trinajstić information content (AvgIpc) is 2.72. The van der Waals surface area contributed by atoms with Crippen molar-refractivity contribution in [3.63, 3.8) is 0 Å². The molecule has 0 radical (unpaired) electrons. The van der Waals surface area contributed by atoms with Gasteiger partial charge in [-0.05, 0) is 48.9 Å². The van der Waals surface area contributed by atoms with Crippen molar-refractivity contribution in [1.82, 2.24) is 9.97 Å². The molecule has 0 saturated carbocycles. The quantitative estimate of drug-likeness (QED) is 0.681. The molecule has 0 spiro atoms. The lowest BCUT2D eigenvalue weighted by molar-refractivity contribution is 1.34. The molecule has 0 saturated heterocycles. The van der Waals surface area contributed by atoms with Gasteiger partial charge in [0.15, 0.2) is 0 Å². The van der Waals surface area contributed by atoms with E-state index in [0.29, 0.717) is 0 Å². The molecule has 17 heavy (non-hydrogen) atoms. The van der Waals surface area contributed by atoms with Crippen LogP contribution in [0.3, 0.4) is 0 Å². The predicted molar refractivity (Wildman–Crippen MR) is 71.3 cm³/mol. The van der Waals surface area contributed by atoms with Crippen molar-refractivity contribution in [2.45, 2.75) is 6.92 Å². The maximum atomic E-state index is 5.87. The van der Waals surface area contributed by atoms with E-state index in [2.05, 4.69) is 35.1 Å². The Bertz CT molecular complexity index is 668. The standard InChI is InChI=1S/C14H11ClN2/c1-9-2-7-12-13(8-9)17-14(16-12)10-3-5-11(15)6-4-10/h2-8H,1H3,(H,16,17). The summed E-state index contributed by atoms with van der Waals surface area (Å²) in [6, 6.07) is 13.9. The van der Waals surface area contributed by atoms with Crippen LogP contribution < -0.4 is 0 Å². The number of hydrogen-bond donors (Lipinski definition) is 1. The zero-order valence-corrected chi connectivity index (χ0v) is 10.1. The van der Waals surface area contributed by atoms with E-state index in [-0.39, 0.29) is 0 Å². The minimum Gasteiger partial charge on any atom is -0.338 e. The van der Waals surface area contributed by atoms with Crippen molar-refractivity contribution < 1.29 is 0 Å². The van der Waals surface area contributed by atoms with E-state index in [1.54, 1.807) is 0 Å². The summed E-state index contributed by atoms with van der Waals surface area (Å²) in [7, 11) is 0. The summed E-state index contributed by atoms with van der Waals surface area (Å²) in [5.41, 5.74) is 4.31. The van der Waals surface area contributed by atoms with Crippen LogP contribution in [0.1, 0.15) is 5.56 Å². The number of imidazole rings is 1. The van der Waals surface area contributed by atoms with E-state index in [1.807, 2.05) is 24.3 Å². The zero-order chi connectivity index (χ0) is 11.8. The minimum atomic E-state index is 0.737. The highest BCUT2D eigenvalue weighted by Crippen LogP contribution is 2.22. The third-order valence-electron chi connectivity index (χ3n) is 2.76. The van der Waals surface area contributed by atoms with Gasteiger partial charge in [0, 0.05) is 10.6 Å². The summed E-state index contributed by atoms with van der Waals surface area (Å²) < 4.78 is 0. The van der Waals surface area contributed by atoms with Crippen LogP contribution in [0.2, 0.25) is 5.02 Å². The summed E-state index contributed by atoms with van der Waals surface area (Å²) in [6.45, 7) is 2.07. The van der Waals surface area contributed by atoms with Crippen LogP contribution in [-0.4, -0.2) is 9.97 Å². The molecule has 0 atom stereocenters. The predicted octanol–water partition coefficient (Wildman–Crippen LogP) is 4.19. The van der Waals surface area contributed by atoms with Crippen molar-refractivity contribution in [2.75, 3.05) is 0 Å². The lowest BCUT2D eigenvalue weighted by atomic mass is 10.2. The largest absolute Gasteiger partial charge is 0.338 e. The molecule has 0 aliphatic carbocycles. The monoisotopic (exact) mass is 242 g/mol. The van der Waals surface area contributed by atoms with Crippen LogP contribution in [-0.2, 0) is 0 Å². The van der Waals surface area contributed by atoms with E-state index in [0.717, 1.165) is 27.4 Å². The number of aryl methyl sites for hydroxylation is 1. The van der Waals surface area contributed by atoms with Crippen LogP contribution in [0.25, 0.3) is 22.4 Å². The number of H-pyrrole nitrogens is 1. The second-order valence-corrected chi connectivity index (χ2v) is 4.55. The first-order chi connectivity index (χ1) is 8.22. The molecular weight excluding hydrogens is 232 g/mol. The average molecular weight is 243 g/mol. The van der Waals surface area contributed by atoms with Crippen molar-refractivity contribution in [3.05, 3.63) is 53.1 Å². The fourth-order valence-corrected chi connectivity index (χ4v) is 1.99. The summed E-state index contributed by atoms with van der Waals surface area (Å²) in [4.78, 5) is 7.88. The fraction of sp³-hybridized carbons (Fsp3) is 0.0714. The molecule has 3 aromatic rings. The second kappa shape index (κ2) is 3.90. The Hall–Kier alpha value is -1.80. The first-order valence-corrected chi connectivity index (χ1v) is 5.82. The summed E-state index contributed by atoms with van der Waals surface area (Å²) >= 11 is 5.87. The van der Waals surface area contributed by atoms with Gasteiger partial charge in [0.2, 0.25) is 0 Å². The molecule has 2 nitrogen and oxygen atoms in total. The van der Waals surface area contributed by atoms with Gasteiger partial charge < -0.3 is 4.98 Å². The molecule has 3 heteroatoms. The van der Waals surface area contributed by atoms with Gasteiger partial charge >= 0.3 is 0 Å². The highest BCUT2D eigenvalue weighted by molar-refractivity contribution is 6.30. The maximum absolute atomic E-state index is 5.87. The number of hydrogen-bond acceptors (Lipinski definition) is 1. The summed E-state index contributed by atoms with van der Waals surface area (Å²) in [5, 5.41) is 0.737. The number of aromatic nitrogens is 2. The van der Waals surface area contributed by atoms with Gasteiger partial charge in [0.1, 0.15) is 5.82 Å². The minimum absolute atomic E-state index is 0.737. The zero-order valence-electron chi connectivity index (χ0n) is 9.37. The number of benzene rings is 2. The Morgan fingerprint density at radius 2 is 1.82 bits per heavy atom. The molecular formula is C14H11ClN2. The Labute approximate surface area is 104 Å². The van der Waals surface area contributed by atoms with Gasteiger partial charge in [-0.15, -0.1) is 0 Å². The number of rotatable bonds is 1. The van der Waals surface area contributed by atoms with Crippen molar-refractivity contribution in [2.24, 2.45) is 0 Å². The third kappa shape index (κ3) is 1.92. The first kappa shape index (κ1) is 10.4. The topological polar surface area (TPSA) is 28.7 Å². The molecule has 1 N–H and O–H groups in total. The Morgan fingerprint density at radius 3 is 2.59 bits per heavy atom. The Morgan fingerprint density at radius 1 is 1.06 bits per heavy atom. The van der Waals surface area contributed by atoms with Crippen LogP contribution in [0, 0.1) is 6.92 Å². The van der Waals surface area contributed by atoms with E-state index >= 15 is 0 Å². The number of aromatic amines is 1. The molecule has 2 aromatic carbocycles. The molecule has 84 valence electrons. The summed E-state index contributed by atoms with van der Waals surface area (Å²) in [6.07, 6.45) is 0. The second-order valence-electron chi connectivity index (χ2n) is 4.11. The number of nitrogens with one attached hydrogen (secondary N) is 1. The molecule has 0 aliphatic rings. The van der Waals surface area contributed by atoms with Crippen molar-refractivity contribution >= 4 is 22.6 Å². The van der Waals surface area contributed by atoms with Crippen molar-refractivity contribution in [1.29, 1.82) is 0 Å². The van der Waals surface area contributed by atoms with Crippen LogP contribution in [0.5, 0.6) is 0 Å². The first-order valence-electron chi connectivity index (χ1n) is 5.45. The van der Waals surface area contributed by atoms with Gasteiger partial charge in [-0.2, -0.15) is 0 Å². The van der Waals surface area contributed by atoms with E-state index < -0.39 is 0 Å². The molecule has 0 aliphatic heterocycles. The van der Waals surface area contributed by atoms with Crippen LogP contribution in [0.15, 0.2) is 42.5 Å². The Balaban J connectivity index is 2.14. The van der Waals surface area contributed by atoms with Gasteiger partial charge in [-0.25, -0.2) is 4.98 Å². The lowest BCUT2D eigenvalue weighted by Crippen LogP contribution is -1.78. The van der Waals surface area contributed by atoms with E-state index in [1.165, 1.54) is 5.56 Å². The molecule has 0 amide bonds. The van der Waals surface area contributed by atoms with Crippen molar-refractivity contribution in [3.8, 4) is 11.4 Å². The number of halogens is 1. The van der Waals surface area contributed by atoms with Crippen LogP contribution in [0.4, 0.5) is 0 Å². The van der Waals surface area contributed by atoms with E-state index in [4.69, 9.17) is 11.6 Å². The maximum Gasteiger partial charge on any atom is 0.138 e. The van der Waals surface area contributed by atoms with Crippen LogP contribution >= 0.6 is 11.6 Å². The molecule has 0 fully saturated rings. The normalized spacial score (nSPS) is 10.9. The fourth-order valence-electron chi connectivity index (χ4n) is 1.86.